The standard InChI is InChI=1S/C31H43ClN2O8/c1-8-31(9-2,34-28(38)42-29(3,4)5)27(37)40-20-39-26(36)30(6,7)41-24-16-10-21(11-17-24)18-19-33-25(35)22-12-14-23(32)15-13-22/h10-12,14-17,22H,8-9,13,18-20H2,1-7H3,(H,33,35)(H,34,38). The minimum atomic E-state index is -1.38. The molecule has 11 heteroatoms. The van der Waals surface area contributed by atoms with E-state index in [9.17, 15) is 19.2 Å². The minimum absolute atomic E-state index is 0.0491. The van der Waals surface area contributed by atoms with Gasteiger partial charge < -0.3 is 29.6 Å². The number of benzene rings is 1. The van der Waals surface area contributed by atoms with Gasteiger partial charge in [0, 0.05) is 11.6 Å². The van der Waals surface area contributed by atoms with E-state index in [0.717, 1.165) is 5.56 Å². The monoisotopic (exact) mass is 606 g/mol. The van der Waals surface area contributed by atoms with E-state index in [2.05, 4.69) is 10.6 Å². The summed E-state index contributed by atoms with van der Waals surface area (Å²) < 4.78 is 21.5. The summed E-state index contributed by atoms with van der Waals surface area (Å²) in [5, 5.41) is 6.16. The fourth-order valence-electron chi connectivity index (χ4n) is 4.02. The lowest BCUT2D eigenvalue weighted by atomic mass is 9.93. The second kappa shape index (κ2) is 15.1. The topological polar surface area (TPSA) is 129 Å². The van der Waals surface area contributed by atoms with Crippen molar-refractivity contribution in [3.05, 3.63) is 53.1 Å². The number of amides is 2. The van der Waals surface area contributed by atoms with Crippen LogP contribution >= 0.6 is 11.6 Å². The summed E-state index contributed by atoms with van der Waals surface area (Å²) >= 11 is 5.90. The van der Waals surface area contributed by atoms with E-state index in [-0.39, 0.29) is 24.7 Å². The predicted molar refractivity (Wildman–Crippen MR) is 159 cm³/mol. The van der Waals surface area contributed by atoms with Gasteiger partial charge in [0.25, 0.3) is 0 Å². The van der Waals surface area contributed by atoms with Crippen LogP contribution in [0.4, 0.5) is 4.79 Å². The number of esters is 2. The highest BCUT2D eigenvalue weighted by Gasteiger charge is 2.40. The lowest BCUT2D eigenvalue weighted by Crippen LogP contribution is -2.55. The number of carbonyl (C=O) groups excluding carboxylic acids is 4. The van der Waals surface area contributed by atoms with Gasteiger partial charge in [0.05, 0.1) is 5.92 Å². The molecule has 1 aromatic rings. The molecule has 0 fully saturated rings. The fraction of sp³-hybridized carbons (Fsp3) is 0.548. The Morgan fingerprint density at radius 2 is 1.57 bits per heavy atom. The largest absolute Gasteiger partial charge is 0.476 e. The Kier molecular flexibility index (Phi) is 12.5. The van der Waals surface area contributed by atoms with Crippen molar-refractivity contribution in [2.24, 2.45) is 5.92 Å². The summed E-state index contributed by atoms with van der Waals surface area (Å²) in [6.45, 7) is 11.5. The molecule has 42 heavy (non-hydrogen) atoms. The molecule has 0 aromatic heterocycles. The van der Waals surface area contributed by atoms with Crippen LogP contribution in [0.25, 0.3) is 0 Å². The maximum Gasteiger partial charge on any atom is 0.408 e. The number of rotatable bonds is 13. The molecule has 2 amide bonds. The van der Waals surface area contributed by atoms with Gasteiger partial charge in [0.1, 0.15) is 16.9 Å². The number of ether oxygens (including phenoxy) is 4. The third kappa shape index (κ3) is 10.7. The molecule has 0 saturated carbocycles. The van der Waals surface area contributed by atoms with Crippen LogP contribution in [0.3, 0.4) is 0 Å². The number of hydrogen-bond donors (Lipinski definition) is 2. The molecule has 0 aliphatic heterocycles. The lowest BCUT2D eigenvalue weighted by Gasteiger charge is -2.31. The van der Waals surface area contributed by atoms with E-state index in [1.807, 2.05) is 18.2 Å². The molecule has 232 valence electrons. The van der Waals surface area contributed by atoms with Crippen LogP contribution < -0.4 is 15.4 Å². The number of allylic oxidation sites excluding steroid dienone is 3. The molecule has 0 saturated heterocycles. The Bertz CT molecular complexity index is 1160. The summed E-state index contributed by atoms with van der Waals surface area (Å²) in [5.41, 5.74) is -2.47. The maximum atomic E-state index is 12.8. The molecule has 10 nitrogen and oxygen atoms in total. The number of carbonyl (C=O) groups is 4. The zero-order valence-corrected chi connectivity index (χ0v) is 26.3. The van der Waals surface area contributed by atoms with E-state index >= 15 is 0 Å². The molecular formula is C31H43ClN2O8. The Morgan fingerprint density at radius 3 is 2.12 bits per heavy atom. The summed E-state index contributed by atoms with van der Waals surface area (Å²) in [5.74, 6) is -1.31. The van der Waals surface area contributed by atoms with Crippen molar-refractivity contribution in [1.29, 1.82) is 0 Å². The zero-order valence-electron chi connectivity index (χ0n) is 25.5. The molecule has 0 radical (unpaired) electrons. The first-order chi connectivity index (χ1) is 19.6. The van der Waals surface area contributed by atoms with Gasteiger partial charge in [0.2, 0.25) is 12.7 Å². The number of alkyl carbamates (subject to hydrolysis) is 1. The summed E-state index contributed by atoms with van der Waals surface area (Å²) in [4.78, 5) is 50.1. The zero-order chi connectivity index (χ0) is 31.6. The molecule has 2 N–H and O–H groups in total. The van der Waals surface area contributed by atoms with E-state index in [1.165, 1.54) is 13.8 Å². The molecule has 0 heterocycles. The molecule has 2 rings (SSSR count). The quantitative estimate of drug-likeness (QED) is 0.228. The van der Waals surface area contributed by atoms with E-state index < -0.39 is 41.6 Å². The second-order valence-corrected chi connectivity index (χ2v) is 11.9. The molecule has 0 spiro atoms. The second-order valence-electron chi connectivity index (χ2n) is 11.5. The maximum absolute atomic E-state index is 12.8. The number of hydrogen-bond acceptors (Lipinski definition) is 8. The average molecular weight is 607 g/mol. The number of halogens is 1. The third-order valence-electron chi connectivity index (χ3n) is 6.61. The molecule has 1 atom stereocenters. The Labute approximate surface area is 253 Å². The van der Waals surface area contributed by atoms with Gasteiger partial charge in [-0.1, -0.05) is 49.7 Å². The summed E-state index contributed by atoms with van der Waals surface area (Å²) in [6, 6.07) is 7.14. The smallest absolute Gasteiger partial charge is 0.408 e. The van der Waals surface area contributed by atoms with E-state index in [1.54, 1.807) is 58.9 Å². The molecular weight excluding hydrogens is 564 g/mol. The molecule has 1 aliphatic carbocycles. The molecule has 1 aromatic carbocycles. The van der Waals surface area contributed by atoms with Crippen molar-refractivity contribution in [1.82, 2.24) is 10.6 Å². The first-order valence-electron chi connectivity index (χ1n) is 14.1. The van der Waals surface area contributed by atoms with Crippen molar-refractivity contribution in [3.63, 3.8) is 0 Å². The van der Waals surface area contributed by atoms with Crippen molar-refractivity contribution in [2.45, 2.75) is 90.9 Å². The van der Waals surface area contributed by atoms with Crippen molar-refractivity contribution in [3.8, 4) is 5.75 Å². The van der Waals surface area contributed by atoms with Crippen LogP contribution in [0.1, 0.15) is 73.3 Å². The average Bonchev–Trinajstić information content (AvgIpc) is 2.91. The van der Waals surface area contributed by atoms with Gasteiger partial charge in [0.15, 0.2) is 5.60 Å². The van der Waals surface area contributed by atoms with Gasteiger partial charge in [-0.3, -0.25) is 4.79 Å². The summed E-state index contributed by atoms with van der Waals surface area (Å²) in [6.07, 6.45) is 6.30. The molecule has 1 unspecified atom stereocenters. The Hall–Kier alpha value is -3.53. The van der Waals surface area contributed by atoms with Crippen LogP contribution in [0, 0.1) is 5.92 Å². The molecule has 0 bridgehead atoms. The van der Waals surface area contributed by atoms with E-state index in [0.29, 0.717) is 30.2 Å². The Morgan fingerprint density at radius 1 is 0.952 bits per heavy atom. The van der Waals surface area contributed by atoms with Gasteiger partial charge in [-0.05, 0) is 84.1 Å². The SMILES string of the molecule is CCC(CC)(NC(=O)OC(C)(C)C)C(=O)OCOC(=O)C(C)(C)Oc1ccc(CCNC(=O)C2C=CC(Cl)=CC2)cc1. The highest BCUT2D eigenvalue weighted by atomic mass is 35.5. The minimum Gasteiger partial charge on any atom is -0.476 e. The molecule has 1 aliphatic rings. The van der Waals surface area contributed by atoms with Gasteiger partial charge in [-0.2, -0.15) is 0 Å². The fourth-order valence-corrected chi connectivity index (χ4v) is 4.19. The van der Waals surface area contributed by atoms with Crippen LogP contribution in [-0.2, 0) is 35.0 Å². The highest BCUT2D eigenvalue weighted by Crippen LogP contribution is 2.22. The van der Waals surface area contributed by atoms with Crippen LogP contribution in [-0.4, -0.2) is 54.0 Å². The third-order valence-corrected chi connectivity index (χ3v) is 6.89. The highest BCUT2D eigenvalue weighted by molar-refractivity contribution is 6.31. The van der Waals surface area contributed by atoms with Crippen molar-refractivity contribution >= 4 is 35.5 Å². The van der Waals surface area contributed by atoms with Crippen LogP contribution in [0.2, 0.25) is 0 Å². The predicted octanol–water partition coefficient (Wildman–Crippen LogP) is 5.33. The normalized spacial score (nSPS) is 15.2. The van der Waals surface area contributed by atoms with Gasteiger partial charge in [-0.25, -0.2) is 14.4 Å². The first-order valence-corrected chi connectivity index (χ1v) is 14.4. The Balaban J connectivity index is 1.82. The summed E-state index contributed by atoms with van der Waals surface area (Å²) in [7, 11) is 0. The number of nitrogens with one attached hydrogen (secondary N) is 2. The lowest BCUT2D eigenvalue weighted by molar-refractivity contribution is -0.181. The van der Waals surface area contributed by atoms with E-state index in [4.69, 9.17) is 30.5 Å². The van der Waals surface area contributed by atoms with Crippen LogP contribution in [0.15, 0.2) is 47.5 Å². The van der Waals surface area contributed by atoms with Crippen molar-refractivity contribution in [2.75, 3.05) is 13.3 Å². The first kappa shape index (κ1) is 34.7. The van der Waals surface area contributed by atoms with Crippen molar-refractivity contribution < 1.29 is 38.1 Å². The van der Waals surface area contributed by atoms with Gasteiger partial charge in [-0.15, -0.1) is 0 Å². The van der Waals surface area contributed by atoms with Crippen LogP contribution in [0.5, 0.6) is 5.75 Å². The van der Waals surface area contributed by atoms with Gasteiger partial charge >= 0.3 is 18.0 Å².